The molecule has 0 bridgehead atoms. The van der Waals surface area contributed by atoms with Crippen molar-refractivity contribution in [2.75, 3.05) is 19.8 Å². The Bertz CT molecular complexity index is 369. The van der Waals surface area contributed by atoms with E-state index in [1.165, 1.54) is 0 Å². The van der Waals surface area contributed by atoms with Crippen molar-refractivity contribution in [1.29, 1.82) is 0 Å². The number of rotatable bonds is 5. The first kappa shape index (κ1) is 12.7. The molecule has 1 aromatic rings. The number of hydrogen-bond acceptors (Lipinski definition) is 3. The molecule has 1 heterocycles. The van der Waals surface area contributed by atoms with Gasteiger partial charge in [-0.1, -0.05) is 28.1 Å². The highest BCUT2D eigenvalue weighted by Gasteiger charge is 2.23. The van der Waals surface area contributed by atoms with Gasteiger partial charge < -0.3 is 9.47 Å². The van der Waals surface area contributed by atoms with Gasteiger partial charge in [-0.2, -0.15) is 0 Å². The van der Waals surface area contributed by atoms with Gasteiger partial charge in [-0.15, -0.1) is 0 Å². The van der Waals surface area contributed by atoms with Crippen molar-refractivity contribution >= 4 is 21.7 Å². The summed E-state index contributed by atoms with van der Waals surface area (Å²) in [5.41, 5.74) is 1.07. The minimum absolute atomic E-state index is 0.0416. The summed E-state index contributed by atoms with van der Waals surface area (Å²) in [4.78, 5) is 11.7. The summed E-state index contributed by atoms with van der Waals surface area (Å²) in [7, 11) is 0. The zero-order valence-electron chi connectivity index (χ0n) is 9.52. The van der Waals surface area contributed by atoms with Crippen molar-refractivity contribution in [3.8, 4) is 0 Å². The van der Waals surface area contributed by atoms with Crippen LogP contribution in [-0.4, -0.2) is 25.6 Å². The van der Waals surface area contributed by atoms with E-state index in [4.69, 9.17) is 9.47 Å². The topological polar surface area (TPSA) is 35.5 Å². The maximum absolute atomic E-state index is 11.7. The van der Waals surface area contributed by atoms with E-state index < -0.39 is 0 Å². The predicted octanol–water partition coefficient (Wildman–Crippen LogP) is 2.57. The molecule has 0 aliphatic carbocycles. The van der Waals surface area contributed by atoms with Gasteiger partial charge in [-0.3, -0.25) is 4.79 Å². The lowest BCUT2D eigenvalue weighted by molar-refractivity contribution is -0.127. The van der Waals surface area contributed by atoms with Crippen LogP contribution in [0.3, 0.4) is 0 Å². The molecular formula is C13H15BrO3. The molecule has 1 aliphatic heterocycles. The molecule has 2 rings (SSSR count). The first-order valence-corrected chi connectivity index (χ1v) is 6.47. The van der Waals surface area contributed by atoms with Crippen LogP contribution >= 0.6 is 15.9 Å². The average Bonchev–Trinajstić information content (AvgIpc) is 2.85. The third-order valence-corrected chi connectivity index (χ3v) is 3.34. The average molecular weight is 299 g/mol. The second-order valence-corrected chi connectivity index (χ2v) is 5.06. The molecule has 0 N–H and O–H groups in total. The normalized spacial score (nSPS) is 19.5. The van der Waals surface area contributed by atoms with Gasteiger partial charge >= 0.3 is 0 Å². The summed E-state index contributed by atoms with van der Waals surface area (Å²) in [6.07, 6.45) is 0.834. The second kappa shape index (κ2) is 6.28. The van der Waals surface area contributed by atoms with Crippen LogP contribution in [0.4, 0.5) is 0 Å². The fraction of sp³-hybridized carbons (Fsp3) is 0.462. The highest BCUT2D eigenvalue weighted by molar-refractivity contribution is 9.10. The number of carbonyl (C=O) groups excluding carboxylic acids is 1. The molecule has 17 heavy (non-hydrogen) atoms. The SMILES string of the molecule is O=C(COCc1ccc(Br)cc1)C1CCOC1. The fourth-order valence-electron chi connectivity index (χ4n) is 1.76. The Hall–Kier alpha value is -0.710. The van der Waals surface area contributed by atoms with Crippen molar-refractivity contribution in [2.45, 2.75) is 13.0 Å². The first-order chi connectivity index (χ1) is 8.25. The maximum Gasteiger partial charge on any atom is 0.163 e. The fourth-order valence-corrected chi connectivity index (χ4v) is 2.02. The molecule has 3 nitrogen and oxygen atoms in total. The van der Waals surface area contributed by atoms with E-state index in [9.17, 15) is 4.79 Å². The summed E-state index contributed by atoms with van der Waals surface area (Å²) in [5.74, 6) is 0.194. The highest BCUT2D eigenvalue weighted by atomic mass is 79.9. The lowest BCUT2D eigenvalue weighted by atomic mass is 10.0. The Kier molecular flexibility index (Phi) is 4.71. The van der Waals surface area contributed by atoms with Crippen LogP contribution in [0, 0.1) is 5.92 Å². The molecule has 0 saturated carbocycles. The van der Waals surface area contributed by atoms with Crippen LogP contribution in [0.25, 0.3) is 0 Å². The van der Waals surface area contributed by atoms with Crippen LogP contribution in [0.2, 0.25) is 0 Å². The Morgan fingerprint density at radius 1 is 1.41 bits per heavy atom. The minimum Gasteiger partial charge on any atom is -0.381 e. The van der Waals surface area contributed by atoms with E-state index in [-0.39, 0.29) is 18.3 Å². The van der Waals surface area contributed by atoms with Crippen LogP contribution in [0.1, 0.15) is 12.0 Å². The third kappa shape index (κ3) is 3.91. The van der Waals surface area contributed by atoms with Crippen molar-refractivity contribution in [3.05, 3.63) is 34.3 Å². The molecule has 0 aromatic heterocycles. The zero-order valence-corrected chi connectivity index (χ0v) is 11.1. The van der Waals surface area contributed by atoms with Gasteiger partial charge in [-0.25, -0.2) is 0 Å². The molecule has 0 radical (unpaired) electrons. The van der Waals surface area contributed by atoms with Crippen LogP contribution in [-0.2, 0) is 20.9 Å². The highest BCUT2D eigenvalue weighted by Crippen LogP contribution is 2.14. The van der Waals surface area contributed by atoms with E-state index in [1.807, 2.05) is 24.3 Å². The number of ketones is 1. The maximum atomic E-state index is 11.7. The summed E-state index contributed by atoms with van der Waals surface area (Å²) < 4.78 is 11.6. The summed E-state index contributed by atoms with van der Waals surface area (Å²) >= 11 is 3.37. The smallest absolute Gasteiger partial charge is 0.163 e. The molecule has 92 valence electrons. The Morgan fingerprint density at radius 3 is 2.82 bits per heavy atom. The number of halogens is 1. The molecule has 0 spiro atoms. The number of hydrogen-bond donors (Lipinski definition) is 0. The Balaban J connectivity index is 1.72. The van der Waals surface area contributed by atoms with Crippen LogP contribution in [0.15, 0.2) is 28.7 Å². The lowest BCUT2D eigenvalue weighted by Crippen LogP contribution is -2.19. The molecule has 1 saturated heterocycles. The monoisotopic (exact) mass is 298 g/mol. The molecule has 1 fully saturated rings. The van der Waals surface area contributed by atoms with Gasteiger partial charge in [-0.05, 0) is 24.1 Å². The third-order valence-electron chi connectivity index (χ3n) is 2.81. The van der Waals surface area contributed by atoms with Crippen LogP contribution in [0.5, 0.6) is 0 Å². The van der Waals surface area contributed by atoms with Crippen LogP contribution < -0.4 is 0 Å². The van der Waals surface area contributed by atoms with Gasteiger partial charge in [0.05, 0.1) is 13.2 Å². The van der Waals surface area contributed by atoms with Crippen molar-refractivity contribution < 1.29 is 14.3 Å². The number of ether oxygens (including phenoxy) is 2. The standard InChI is InChI=1S/C13H15BrO3/c14-12-3-1-10(2-4-12)7-17-9-13(15)11-5-6-16-8-11/h1-4,11H,5-9H2. The Morgan fingerprint density at radius 2 is 2.18 bits per heavy atom. The Labute approximate surface area is 109 Å². The number of carbonyl (C=O) groups is 1. The van der Waals surface area contributed by atoms with Gasteiger partial charge in [0, 0.05) is 17.0 Å². The van der Waals surface area contributed by atoms with Crippen molar-refractivity contribution in [2.24, 2.45) is 5.92 Å². The van der Waals surface area contributed by atoms with E-state index in [2.05, 4.69) is 15.9 Å². The second-order valence-electron chi connectivity index (χ2n) is 4.15. The van der Waals surface area contributed by atoms with Gasteiger partial charge in [0.15, 0.2) is 5.78 Å². The van der Waals surface area contributed by atoms with E-state index in [0.29, 0.717) is 19.8 Å². The zero-order chi connectivity index (χ0) is 12.1. The van der Waals surface area contributed by atoms with Gasteiger partial charge in [0.2, 0.25) is 0 Å². The summed E-state index contributed by atoms with van der Waals surface area (Å²) in [6, 6.07) is 7.89. The molecule has 1 aliphatic rings. The van der Waals surface area contributed by atoms with E-state index in [0.717, 1.165) is 16.5 Å². The predicted molar refractivity (Wildman–Crippen MR) is 67.7 cm³/mol. The molecule has 4 heteroatoms. The molecule has 0 amide bonds. The largest absolute Gasteiger partial charge is 0.381 e. The summed E-state index contributed by atoms with van der Waals surface area (Å²) in [6.45, 7) is 1.92. The lowest BCUT2D eigenvalue weighted by Gasteiger charge is -2.07. The quantitative estimate of drug-likeness (QED) is 0.838. The minimum atomic E-state index is 0.0416. The number of benzene rings is 1. The van der Waals surface area contributed by atoms with E-state index in [1.54, 1.807) is 0 Å². The molecular weight excluding hydrogens is 284 g/mol. The molecule has 1 aromatic carbocycles. The molecule has 1 unspecified atom stereocenters. The number of Topliss-reactive ketones (excluding diaryl/α,β-unsaturated/α-hetero) is 1. The van der Waals surface area contributed by atoms with Gasteiger partial charge in [0.25, 0.3) is 0 Å². The summed E-state index contributed by atoms with van der Waals surface area (Å²) in [5, 5.41) is 0. The first-order valence-electron chi connectivity index (χ1n) is 5.68. The van der Waals surface area contributed by atoms with Crippen molar-refractivity contribution in [3.63, 3.8) is 0 Å². The van der Waals surface area contributed by atoms with E-state index >= 15 is 0 Å². The van der Waals surface area contributed by atoms with Gasteiger partial charge in [0.1, 0.15) is 6.61 Å². The van der Waals surface area contributed by atoms with Crippen molar-refractivity contribution in [1.82, 2.24) is 0 Å². The molecule has 1 atom stereocenters.